The molecule has 0 aromatic heterocycles. The van der Waals surface area contributed by atoms with Crippen LogP contribution in [-0.2, 0) is 0 Å². The summed E-state index contributed by atoms with van der Waals surface area (Å²) in [6, 6.07) is 3.69. The number of nitriles is 1. The summed E-state index contributed by atoms with van der Waals surface area (Å²) in [6.45, 7) is -0.852. The Morgan fingerprint density at radius 2 is 2.25 bits per heavy atom. The lowest BCUT2D eigenvalue weighted by Crippen LogP contribution is -2.14. The molecular formula is C10H12ClFN2O2. The molecule has 1 aromatic carbocycles. The van der Waals surface area contributed by atoms with E-state index in [1.165, 1.54) is 19.2 Å². The summed E-state index contributed by atoms with van der Waals surface area (Å²) in [4.78, 5) is 0. The van der Waals surface area contributed by atoms with Crippen LogP contribution < -0.4 is 10.5 Å². The minimum atomic E-state index is -1.02. The van der Waals surface area contributed by atoms with Crippen molar-refractivity contribution in [2.45, 2.75) is 6.04 Å². The molecule has 1 aromatic rings. The van der Waals surface area contributed by atoms with Crippen molar-refractivity contribution in [3.63, 3.8) is 0 Å². The highest BCUT2D eigenvalue weighted by molar-refractivity contribution is 5.85. The minimum absolute atomic E-state index is 0. The lowest BCUT2D eigenvalue weighted by atomic mass is 10.0. The average Bonchev–Trinajstić information content (AvgIpc) is 2.27. The summed E-state index contributed by atoms with van der Waals surface area (Å²) in [7, 11) is 1.37. The molecule has 6 heteroatoms. The van der Waals surface area contributed by atoms with Gasteiger partial charge in [-0.25, -0.2) is 4.39 Å². The summed E-state index contributed by atoms with van der Waals surface area (Å²) in [5.41, 5.74) is 5.69. The fraction of sp³-hybridized carbons (Fsp3) is 0.300. The summed E-state index contributed by atoms with van der Waals surface area (Å²) in [6.07, 6.45) is 0. The van der Waals surface area contributed by atoms with E-state index >= 15 is 0 Å². The van der Waals surface area contributed by atoms with Crippen LogP contribution in [-0.4, -0.2) is 18.9 Å². The molecule has 3 N–H and O–H groups in total. The molecule has 0 radical (unpaired) electrons. The number of rotatable bonds is 3. The molecule has 0 saturated heterocycles. The van der Waals surface area contributed by atoms with Crippen molar-refractivity contribution in [1.82, 2.24) is 0 Å². The Morgan fingerprint density at radius 3 is 2.69 bits per heavy atom. The van der Waals surface area contributed by atoms with Crippen LogP contribution in [0.2, 0.25) is 0 Å². The number of phenols is 1. The number of aromatic hydroxyl groups is 1. The van der Waals surface area contributed by atoms with Gasteiger partial charge in [-0.15, -0.1) is 12.4 Å². The Bertz CT molecular complexity index is 407. The Hall–Kier alpha value is -1.51. The first kappa shape index (κ1) is 14.5. The number of halogens is 2. The molecule has 0 saturated carbocycles. The van der Waals surface area contributed by atoms with Crippen molar-refractivity contribution >= 4 is 12.4 Å². The van der Waals surface area contributed by atoms with Crippen LogP contribution in [0.25, 0.3) is 0 Å². The second-order valence-electron chi connectivity index (χ2n) is 2.95. The molecule has 0 heterocycles. The summed E-state index contributed by atoms with van der Waals surface area (Å²) in [5.74, 6) is -0.102. The fourth-order valence-corrected chi connectivity index (χ4v) is 1.30. The molecule has 0 fully saturated rings. The lowest BCUT2D eigenvalue weighted by molar-refractivity contribution is 0.362. The van der Waals surface area contributed by atoms with Gasteiger partial charge in [-0.1, -0.05) is 0 Å². The van der Waals surface area contributed by atoms with Crippen LogP contribution in [0.1, 0.15) is 17.2 Å². The maximum atomic E-state index is 12.4. The van der Waals surface area contributed by atoms with Crippen molar-refractivity contribution in [2.75, 3.05) is 13.8 Å². The number of benzene rings is 1. The number of ether oxygens (including phenoxy) is 1. The molecule has 1 rings (SSSR count). The predicted octanol–water partition coefficient (Wildman–Crippen LogP) is 1.66. The first-order valence-electron chi connectivity index (χ1n) is 4.27. The van der Waals surface area contributed by atoms with Crippen molar-refractivity contribution in [3.05, 3.63) is 23.3 Å². The molecule has 0 spiro atoms. The zero-order valence-electron chi connectivity index (χ0n) is 8.61. The van der Waals surface area contributed by atoms with Gasteiger partial charge in [0.25, 0.3) is 0 Å². The van der Waals surface area contributed by atoms with E-state index < -0.39 is 12.7 Å². The zero-order chi connectivity index (χ0) is 11.4. The van der Waals surface area contributed by atoms with Gasteiger partial charge in [0.2, 0.25) is 0 Å². The van der Waals surface area contributed by atoms with E-state index in [1.807, 2.05) is 6.07 Å². The Balaban J connectivity index is 0.00000225. The number of alkyl halides is 1. The number of hydrogen-bond donors (Lipinski definition) is 2. The molecule has 0 bridgehead atoms. The Morgan fingerprint density at radius 1 is 1.62 bits per heavy atom. The van der Waals surface area contributed by atoms with Crippen LogP contribution in [0.4, 0.5) is 4.39 Å². The van der Waals surface area contributed by atoms with Gasteiger partial charge in [0.05, 0.1) is 24.8 Å². The molecule has 4 nitrogen and oxygen atoms in total. The molecule has 1 atom stereocenters. The van der Waals surface area contributed by atoms with Gasteiger partial charge >= 0.3 is 0 Å². The SMILES string of the molecule is COc1ccc(C#N)c([C@H](N)CF)c1O.Cl. The summed E-state index contributed by atoms with van der Waals surface area (Å²) < 4.78 is 17.3. The molecule has 16 heavy (non-hydrogen) atoms. The zero-order valence-corrected chi connectivity index (χ0v) is 9.42. The van der Waals surface area contributed by atoms with E-state index in [9.17, 15) is 9.50 Å². The van der Waals surface area contributed by atoms with Crippen molar-refractivity contribution in [1.29, 1.82) is 5.26 Å². The standard InChI is InChI=1S/C10H11FN2O2.ClH/c1-15-8-3-2-6(5-12)9(10(8)14)7(13)4-11;/h2-3,7,14H,4,13H2,1H3;1H/t7-;/m1./s1. The third-order valence-electron chi connectivity index (χ3n) is 2.06. The second-order valence-corrected chi connectivity index (χ2v) is 2.95. The van der Waals surface area contributed by atoms with Crippen molar-refractivity contribution in [2.24, 2.45) is 5.73 Å². The van der Waals surface area contributed by atoms with Crippen molar-refractivity contribution < 1.29 is 14.2 Å². The normalized spacial score (nSPS) is 11.1. The maximum absolute atomic E-state index is 12.4. The van der Waals surface area contributed by atoms with Gasteiger partial charge in [-0.05, 0) is 12.1 Å². The van der Waals surface area contributed by atoms with Crippen LogP contribution in [0.15, 0.2) is 12.1 Å². The first-order valence-corrected chi connectivity index (χ1v) is 4.27. The molecule has 0 amide bonds. The van der Waals surface area contributed by atoms with E-state index in [4.69, 9.17) is 15.7 Å². The van der Waals surface area contributed by atoms with Gasteiger partial charge in [0, 0.05) is 5.56 Å². The largest absolute Gasteiger partial charge is 0.504 e. The molecule has 88 valence electrons. The molecule has 0 aliphatic heterocycles. The number of nitrogens with zero attached hydrogens (tertiary/aromatic N) is 1. The smallest absolute Gasteiger partial charge is 0.163 e. The topological polar surface area (TPSA) is 79.3 Å². The van der Waals surface area contributed by atoms with Crippen LogP contribution >= 0.6 is 12.4 Å². The molecular weight excluding hydrogens is 235 g/mol. The first-order chi connectivity index (χ1) is 7.15. The highest BCUT2D eigenvalue weighted by Crippen LogP contribution is 2.35. The van der Waals surface area contributed by atoms with Gasteiger partial charge in [-0.3, -0.25) is 0 Å². The monoisotopic (exact) mass is 246 g/mol. The van der Waals surface area contributed by atoms with Gasteiger partial charge in [-0.2, -0.15) is 5.26 Å². The van der Waals surface area contributed by atoms with Crippen LogP contribution in [0.3, 0.4) is 0 Å². The lowest BCUT2D eigenvalue weighted by Gasteiger charge is -2.14. The number of nitrogens with two attached hydrogens (primary N) is 1. The van der Waals surface area contributed by atoms with E-state index in [2.05, 4.69) is 0 Å². The summed E-state index contributed by atoms with van der Waals surface area (Å²) >= 11 is 0. The highest BCUT2D eigenvalue weighted by atomic mass is 35.5. The van der Waals surface area contributed by atoms with E-state index in [0.717, 1.165) is 0 Å². The van der Waals surface area contributed by atoms with E-state index in [1.54, 1.807) is 0 Å². The minimum Gasteiger partial charge on any atom is -0.504 e. The molecule has 0 aliphatic carbocycles. The van der Waals surface area contributed by atoms with Gasteiger partial charge < -0.3 is 15.6 Å². The van der Waals surface area contributed by atoms with E-state index in [0.29, 0.717) is 0 Å². The highest BCUT2D eigenvalue weighted by Gasteiger charge is 2.19. The van der Waals surface area contributed by atoms with E-state index in [-0.39, 0.29) is 35.0 Å². The molecule has 0 unspecified atom stereocenters. The van der Waals surface area contributed by atoms with Crippen molar-refractivity contribution in [3.8, 4) is 17.6 Å². The number of phenolic OH excluding ortho intramolecular Hbond substituents is 1. The van der Waals surface area contributed by atoms with Crippen LogP contribution in [0.5, 0.6) is 11.5 Å². The third-order valence-corrected chi connectivity index (χ3v) is 2.06. The Labute approximate surface area is 98.9 Å². The predicted molar refractivity (Wildman–Crippen MR) is 59.5 cm³/mol. The maximum Gasteiger partial charge on any atom is 0.163 e. The number of methoxy groups -OCH3 is 1. The quantitative estimate of drug-likeness (QED) is 0.850. The van der Waals surface area contributed by atoms with Crippen LogP contribution in [0, 0.1) is 11.3 Å². The third kappa shape index (κ3) is 2.54. The average molecular weight is 247 g/mol. The summed E-state index contributed by atoms with van der Waals surface area (Å²) in [5, 5.41) is 18.5. The second kappa shape index (κ2) is 6.16. The number of hydrogen-bond acceptors (Lipinski definition) is 4. The molecule has 0 aliphatic rings. The van der Waals surface area contributed by atoms with Gasteiger partial charge in [0.15, 0.2) is 11.5 Å². The van der Waals surface area contributed by atoms with Gasteiger partial charge in [0.1, 0.15) is 6.67 Å². The fourth-order valence-electron chi connectivity index (χ4n) is 1.30. The Kier molecular flexibility index (Phi) is 5.57.